The Morgan fingerprint density at radius 3 is 2.25 bits per heavy atom. The summed E-state index contributed by atoms with van der Waals surface area (Å²) >= 11 is 0. The minimum absolute atomic E-state index is 0.193. The maximum absolute atomic E-state index is 9.25. The van der Waals surface area contributed by atoms with Gasteiger partial charge in [-0.15, -0.1) is 0 Å². The van der Waals surface area contributed by atoms with Crippen molar-refractivity contribution in [3.8, 4) is 0 Å². The van der Waals surface area contributed by atoms with Crippen LogP contribution in [0.2, 0.25) is 0 Å². The van der Waals surface area contributed by atoms with Gasteiger partial charge in [-0.1, -0.05) is 44.2 Å². The van der Waals surface area contributed by atoms with Gasteiger partial charge in [0.1, 0.15) is 0 Å². The first-order valence-corrected chi connectivity index (χ1v) is 6.04. The molecule has 1 rings (SSSR count). The third-order valence-corrected chi connectivity index (χ3v) is 2.88. The summed E-state index contributed by atoms with van der Waals surface area (Å²) in [6.45, 7) is 6.63. The summed E-state index contributed by atoms with van der Waals surface area (Å²) in [6, 6.07) is 11.0. The van der Waals surface area contributed by atoms with Crippen LogP contribution in [0.3, 0.4) is 0 Å². The van der Waals surface area contributed by atoms with Crippen LogP contribution >= 0.6 is 0 Å². The van der Waals surface area contributed by atoms with Crippen molar-refractivity contribution in [3.05, 3.63) is 35.9 Å². The molecule has 0 aliphatic rings. The average Bonchev–Trinajstić information content (AvgIpc) is 2.27. The summed E-state index contributed by atoms with van der Waals surface area (Å²) in [5.41, 5.74) is 1.34. The summed E-state index contributed by atoms with van der Waals surface area (Å²) in [4.78, 5) is 0. The van der Waals surface area contributed by atoms with E-state index in [1.165, 1.54) is 5.56 Å². The van der Waals surface area contributed by atoms with Gasteiger partial charge in [-0.3, -0.25) is 0 Å². The minimum Gasteiger partial charge on any atom is -0.395 e. The Labute approximate surface area is 98.7 Å². The minimum atomic E-state index is 0.193. The Hall–Kier alpha value is -0.860. The zero-order valence-corrected chi connectivity index (χ0v) is 10.5. The molecule has 0 aliphatic carbocycles. The van der Waals surface area contributed by atoms with Crippen LogP contribution in [0.5, 0.6) is 0 Å². The van der Waals surface area contributed by atoms with E-state index in [2.05, 4.69) is 50.4 Å². The van der Waals surface area contributed by atoms with Gasteiger partial charge in [-0.05, 0) is 24.8 Å². The predicted octanol–water partition coefficient (Wildman–Crippen LogP) is 2.22. The van der Waals surface area contributed by atoms with Crippen molar-refractivity contribution in [1.29, 1.82) is 0 Å². The number of hydrogen-bond donors (Lipinski definition) is 2. The molecule has 0 amide bonds. The van der Waals surface area contributed by atoms with Crippen molar-refractivity contribution in [1.82, 2.24) is 5.32 Å². The number of rotatable bonds is 6. The Kier molecular flexibility index (Phi) is 5.50. The van der Waals surface area contributed by atoms with E-state index in [1.54, 1.807) is 0 Å². The highest BCUT2D eigenvalue weighted by molar-refractivity contribution is 5.15. The highest BCUT2D eigenvalue weighted by Gasteiger charge is 2.14. The van der Waals surface area contributed by atoms with Crippen LogP contribution in [0.4, 0.5) is 0 Å². The molecule has 0 fully saturated rings. The fraction of sp³-hybridized carbons (Fsp3) is 0.571. The maximum Gasteiger partial charge on any atom is 0.0587 e. The summed E-state index contributed by atoms with van der Waals surface area (Å²) in [7, 11) is 0. The lowest BCUT2D eigenvalue weighted by Crippen LogP contribution is -2.43. The van der Waals surface area contributed by atoms with Gasteiger partial charge in [0.25, 0.3) is 0 Å². The van der Waals surface area contributed by atoms with Crippen molar-refractivity contribution in [2.45, 2.75) is 39.3 Å². The van der Waals surface area contributed by atoms with Gasteiger partial charge >= 0.3 is 0 Å². The summed E-state index contributed by atoms with van der Waals surface area (Å²) in [6.07, 6.45) is 1.00. The lowest BCUT2D eigenvalue weighted by molar-refractivity contribution is 0.201. The van der Waals surface area contributed by atoms with Crippen LogP contribution < -0.4 is 5.32 Å². The van der Waals surface area contributed by atoms with Gasteiger partial charge in [0.05, 0.1) is 6.61 Å². The van der Waals surface area contributed by atoms with E-state index in [0.29, 0.717) is 12.0 Å². The van der Waals surface area contributed by atoms with E-state index in [4.69, 9.17) is 0 Å². The molecule has 0 saturated heterocycles. The molecule has 1 aromatic carbocycles. The second kappa shape index (κ2) is 6.66. The first-order chi connectivity index (χ1) is 7.63. The quantitative estimate of drug-likeness (QED) is 0.772. The van der Waals surface area contributed by atoms with Gasteiger partial charge in [-0.25, -0.2) is 0 Å². The zero-order valence-electron chi connectivity index (χ0n) is 10.5. The monoisotopic (exact) mass is 221 g/mol. The molecule has 16 heavy (non-hydrogen) atoms. The summed E-state index contributed by atoms with van der Waals surface area (Å²) < 4.78 is 0. The standard InChI is InChI=1S/C14H23NO/c1-11(2)14(10-16)15-12(3)9-13-7-5-4-6-8-13/h4-8,11-12,14-16H,9-10H2,1-3H3. The first kappa shape index (κ1) is 13.2. The summed E-state index contributed by atoms with van der Waals surface area (Å²) in [5.74, 6) is 0.461. The molecule has 2 atom stereocenters. The molecule has 0 aliphatic heterocycles. The van der Waals surface area contributed by atoms with Gasteiger partial charge < -0.3 is 10.4 Å². The fourth-order valence-electron chi connectivity index (χ4n) is 1.85. The maximum atomic E-state index is 9.25. The SMILES string of the molecule is CC(Cc1ccccc1)NC(CO)C(C)C. The van der Waals surface area contributed by atoms with Crippen LogP contribution in [0.15, 0.2) is 30.3 Å². The summed E-state index contributed by atoms with van der Waals surface area (Å²) in [5, 5.41) is 12.7. The average molecular weight is 221 g/mol. The first-order valence-electron chi connectivity index (χ1n) is 6.04. The van der Waals surface area contributed by atoms with Crippen molar-refractivity contribution in [2.75, 3.05) is 6.61 Å². The van der Waals surface area contributed by atoms with Crippen molar-refractivity contribution in [2.24, 2.45) is 5.92 Å². The highest BCUT2D eigenvalue weighted by Crippen LogP contribution is 2.06. The molecule has 0 spiro atoms. The van der Waals surface area contributed by atoms with Gasteiger partial charge in [-0.2, -0.15) is 0 Å². The number of hydrogen-bond acceptors (Lipinski definition) is 2. The van der Waals surface area contributed by atoms with Gasteiger partial charge in [0.15, 0.2) is 0 Å². The van der Waals surface area contributed by atoms with Crippen LogP contribution in [0, 0.1) is 5.92 Å². The Bertz CT molecular complexity index is 284. The molecule has 90 valence electrons. The third kappa shape index (κ3) is 4.33. The number of benzene rings is 1. The predicted molar refractivity (Wildman–Crippen MR) is 68.5 cm³/mol. The second-order valence-corrected chi connectivity index (χ2v) is 4.79. The third-order valence-electron chi connectivity index (χ3n) is 2.88. The van der Waals surface area contributed by atoms with Crippen molar-refractivity contribution >= 4 is 0 Å². The lowest BCUT2D eigenvalue weighted by Gasteiger charge is -2.24. The van der Waals surface area contributed by atoms with Crippen LogP contribution in [0.1, 0.15) is 26.3 Å². The lowest BCUT2D eigenvalue weighted by atomic mass is 10.0. The molecule has 0 aromatic heterocycles. The molecule has 0 heterocycles. The molecule has 2 N–H and O–H groups in total. The normalized spacial score (nSPS) is 15.1. The van der Waals surface area contributed by atoms with E-state index in [0.717, 1.165) is 6.42 Å². The van der Waals surface area contributed by atoms with E-state index in [-0.39, 0.29) is 12.6 Å². The Morgan fingerprint density at radius 2 is 1.75 bits per heavy atom. The molecular weight excluding hydrogens is 198 g/mol. The van der Waals surface area contributed by atoms with Crippen LogP contribution in [-0.2, 0) is 6.42 Å². The molecule has 0 bridgehead atoms. The van der Waals surface area contributed by atoms with Gasteiger partial charge in [0, 0.05) is 12.1 Å². The molecule has 0 radical (unpaired) electrons. The topological polar surface area (TPSA) is 32.3 Å². The molecule has 2 unspecified atom stereocenters. The highest BCUT2D eigenvalue weighted by atomic mass is 16.3. The molecule has 2 heteroatoms. The zero-order chi connectivity index (χ0) is 12.0. The largest absolute Gasteiger partial charge is 0.395 e. The number of aliphatic hydroxyl groups excluding tert-OH is 1. The van der Waals surface area contributed by atoms with E-state index in [9.17, 15) is 5.11 Å². The Morgan fingerprint density at radius 1 is 1.12 bits per heavy atom. The van der Waals surface area contributed by atoms with E-state index in [1.807, 2.05) is 6.07 Å². The van der Waals surface area contributed by atoms with Crippen molar-refractivity contribution < 1.29 is 5.11 Å². The van der Waals surface area contributed by atoms with Gasteiger partial charge in [0.2, 0.25) is 0 Å². The van der Waals surface area contributed by atoms with Crippen molar-refractivity contribution in [3.63, 3.8) is 0 Å². The fourth-order valence-corrected chi connectivity index (χ4v) is 1.85. The number of nitrogens with one attached hydrogen (secondary N) is 1. The molecule has 2 nitrogen and oxygen atoms in total. The van der Waals surface area contributed by atoms with Crippen LogP contribution in [0.25, 0.3) is 0 Å². The number of aliphatic hydroxyl groups is 1. The molecule has 0 saturated carbocycles. The molecule has 1 aromatic rings. The molecular formula is C14H23NO. The van der Waals surface area contributed by atoms with E-state index >= 15 is 0 Å². The second-order valence-electron chi connectivity index (χ2n) is 4.79. The Balaban J connectivity index is 2.44. The van der Waals surface area contributed by atoms with Crippen LogP contribution in [-0.4, -0.2) is 23.8 Å². The van der Waals surface area contributed by atoms with E-state index < -0.39 is 0 Å². The smallest absolute Gasteiger partial charge is 0.0587 e.